The molecule has 0 amide bonds. The SMILES string of the molecule is C=C1NC=C(c2ccc(N(C)C)cc2)N1C. The van der Waals surface area contributed by atoms with Crippen LogP contribution >= 0.6 is 0 Å². The molecule has 0 saturated carbocycles. The number of benzene rings is 1. The van der Waals surface area contributed by atoms with Crippen molar-refractivity contribution in [2.24, 2.45) is 0 Å². The molecule has 84 valence electrons. The van der Waals surface area contributed by atoms with E-state index in [-0.39, 0.29) is 0 Å². The van der Waals surface area contributed by atoms with Gasteiger partial charge in [0.2, 0.25) is 0 Å². The van der Waals surface area contributed by atoms with Crippen molar-refractivity contribution in [3.05, 3.63) is 48.4 Å². The number of rotatable bonds is 2. The van der Waals surface area contributed by atoms with E-state index in [0.717, 1.165) is 11.5 Å². The Hall–Kier alpha value is -1.90. The van der Waals surface area contributed by atoms with Crippen molar-refractivity contribution >= 4 is 11.4 Å². The Morgan fingerprint density at radius 3 is 2.25 bits per heavy atom. The summed E-state index contributed by atoms with van der Waals surface area (Å²) in [5, 5.41) is 3.11. The van der Waals surface area contributed by atoms with E-state index in [4.69, 9.17) is 0 Å². The van der Waals surface area contributed by atoms with E-state index < -0.39 is 0 Å². The monoisotopic (exact) mass is 215 g/mol. The van der Waals surface area contributed by atoms with Crippen molar-refractivity contribution in [1.82, 2.24) is 10.2 Å². The Labute approximate surface area is 96.7 Å². The second-order valence-electron chi connectivity index (χ2n) is 4.12. The van der Waals surface area contributed by atoms with Crippen LogP contribution < -0.4 is 10.2 Å². The van der Waals surface area contributed by atoms with Crippen LogP contribution in [0.2, 0.25) is 0 Å². The van der Waals surface area contributed by atoms with Gasteiger partial charge < -0.3 is 15.1 Å². The minimum absolute atomic E-state index is 0.909. The van der Waals surface area contributed by atoms with E-state index in [1.807, 2.05) is 32.2 Å². The van der Waals surface area contributed by atoms with Crippen molar-refractivity contribution in [3.8, 4) is 0 Å². The summed E-state index contributed by atoms with van der Waals surface area (Å²) < 4.78 is 0. The lowest BCUT2D eigenvalue weighted by molar-refractivity contribution is 0.596. The number of hydrogen-bond donors (Lipinski definition) is 1. The molecule has 16 heavy (non-hydrogen) atoms. The highest BCUT2D eigenvalue weighted by Crippen LogP contribution is 2.25. The minimum Gasteiger partial charge on any atom is -0.378 e. The molecule has 0 aliphatic carbocycles. The molecular formula is C13H17N3. The lowest BCUT2D eigenvalue weighted by atomic mass is 10.1. The highest BCUT2D eigenvalue weighted by atomic mass is 15.3. The Morgan fingerprint density at radius 1 is 1.19 bits per heavy atom. The zero-order chi connectivity index (χ0) is 11.7. The Balaban J connectivity index is 2.26. The fourth-order valence-corrected chi connectivity index (χ4v) is 1.70. The number of anilines is 1. The first kappa shape index (κ1) is 10.6. The van der Waals surface area contributed by atoms with Gasteiger partial charge in [-0.3, -0.25) is 0 Å². The van der Waals surface area contributed by atoms with Gasteiger partial charge in [-0.25, -0.2) is 0 Å². The average Bonchev–Trinajstić information content (AvgIpc) is 2.60. The van der Waals surface area contributed by atoms with Crippen LogP contribution in [-0.4, -0.2) is 26.0 Å². The average molecular weight is 215 g/mol. The minimum atomic E-state index is 0.909. The van der Waals surface area contributed by atoms with Crippen LogP contribution in [0.5, 0.6) is 0 Å². The molecule has 0 fully saturated rings. The third-order valence-electron chi connectivity index (χ3n) is 2.82. The molecule has 0 atom stereocenters. The van der Waals surface area contributed by atoms with Crippen LogP contribution in [-0.2, 0) is 0 Å². The molecule has 0 aromatic heterocycles. The molecule has 1 aromatic rings. The van der Waals surface area contributed by atoms with E-state index in [1.165, 1.54) is 11.3 Å². The van der Waals surface area contributed by atoms with Crippen LogP contribution in [0, 0.1) is 0 Å². The second kappa shape index (κ2) is 3.93. The third kappa shape index (κ3) is 1.76. The summed E-state index contributed by atoms with van der Waals surface area (Å²) >= 11 is 0. The van der Waals surface area contributed by atoms with Crippen molar-refractivity contribution in [2.75, 3.05) is 26.0 Å². The highest BCUT2D eigenvalue weighted by Gasteiger charge is 2.15. The number of nitrogens with one attached hydrogen (secondary N) is 1. The second-order valence-corrected chi connectivity index (χ2v) is 4.12. The molecule has 0 unspecified atom stereocenters. The van der Waals surface area contributed by atoms with Gasteiger partial charge in [-0.1, -0.05) is 18.7 Å². The Bertz CT molecular complexity index is 429. The summed E-state index contributed by atoms with van der Waals surface area (Å²) in [7, 11) is 6.09. The largest absolute Gasteiger partial charge is 0.378 e. The van der Waals surface area contributed by atoms with E-state index in [9.17, 15) is 0 Å². The predicted octanol–water partition coefficient (Wildman–Crippen LogP) is 2.06. The molecule has 3 nitrogen and oxygen atoms in total. The number of nitrogens with zero attached hydrogens (tertiary/aromatic N) is 2. The van der Waals surface area contributed by atoms with E-state index in [1.54, 1.807) is 0 Å². The Kier molecular flexibility index (Phi) is 2.60. The Morgan fingerprint density at radius 2 is 1.81 bits per heavy atom. The van der Waals surface area contributed by atoms with Gasteiger partial charge in [0, 0.05) is 33.0 Å². The lowest BCUT2D eigenvalue weighted by Crippen LogP contribution is -2.14. The van der Waals surface area contributed by atoms with E-state index in [0.29, 0.717) is 0 Å². The number of hydrogen-bond acceptors (Lipinski definition) is 3. The standard InChI is InChI=1S/C13H17N3/c1-10-14-9-13(16(10)4)11-5-7-12(8-6-11)15(2)3/h5-9,14H,1H2,2-4H3. The van der Waals surface area contributed by atoms with Crippen LogP contribution in [0.4, 0.5) is 5.69 Å². The van der Waals surface area contributed by atoms with E-state index >= 15 is 0 Å². The van der Waals surface area contributed by atoms with Crippen molar-refractivity contribution in [1.29, 1.82) is 0 Å². The molecule has 1 N–H and O–H groups in total. The van der Waals surface area contributed by atoms with Crippen molar-refractivity contribution in [2.45, 2.75) is 0 Å². The summed E-state index contributed by atoms with van der Waals surface area (Å²) in [6, 6.07) is 8.48. The molecule has 0 bridgehead atoms. The fraction of sp³-hybridized carbons (Fsp3) is 0.231. The molecule has 1 aromatic carbocycles. The van der Waals surface area contributed by atoms with Gasteiger partial charge >= 0.3 is 0 Å². The molecule has 0 radical (unpaired) electrons. The molecule has 2 rings (SSSR count). The molecule has 0 saturated heterocycles. The third-order valence-corrected chi connectivity index (χ3v) is 2.82. The van der Waals surface area contributed by atoms with Crippen molar-refractivity contribution in [3.63, 3.8) is 0 Å². The van der Waals surface area contributed by atoms with Crippen LogP contribution in [0.25, 0.3) is 5.70 Å². The summed E-state index contributed by atoms with van der Waals surface area (Å²) in [5.74, 6) is 0.909. The molecular weight excluding hydrogens is 198 g/mol. The summed E-state index contributed by atoms with van der Waals surface area (Å²) in [4.78, 5) is 4.14. The first-order chi connectivity index (χ1) is 7.59. The van der Waals surface area contributed by atoms with Gasteiger partial charge in [-0.15, -0.1) is 0 Å². The normalized spacial score (nSPS) is 14.8. The smallest absolute Gasteiger partial charge is 0.102 e. The van der Waals surface area contributed by atoms with Gasteiger partial charge in [0.15, 0.2) is 0 Å². The lowest BCUT2D eigenvalue weighted by Gasteiger charge is -2.18. The summed E-state index contributed by atoms with van der Waals surface area (Å²) in [6.07, 6.45) is 1.98. The first-order valence-electron chi connectivity index (χ1n) is 5.26. The fourth-order valence-electron chi connectivity index (χ4n) is 1.70. The topological polar surface area (TPSA) is 18.5 Å². The van der Waals surface area contributed by atoms with Gasteiger partial charge in [-0.05, 0) is 17.7 Å². The van der Waals surface area contributed by atoms with Crippen molar-refractivity contribution < 1.29 is 0 Å². The van der Waals surface area contributed by atoms with Gasteiger partial charge in [0.05, 0.1) is 5.70 Å². The maximum absolute atomic E-state index is 3.91. The molecule has 1 aliphatic heterocycles. The molecule has 1 heterocycles. The van der Waals surface area contributed by atoms with Gasteiger partial charge in [0.1, 0.15) is 5.82 Å². The van der Waals surface area contributed by atoms with Crippen LogP contribution in [0.15, 0.2) is 42.9 Å². The van der Waals surface area contributed by atoms with Gasteiger partial charge in [-0.2, -0.15) is 0 Å². The van der Waals surface area contributed by atoms with Crippen LogP contribution in [0.3, 0.4) is 0 Å². The first-order valence-corrected chi connectivity index (χ1v) is 5.26. The molecule has 1 aliphatic rings. The maximum Gasteiger partial charge on any atom is 0.102 e. The van der Waals surface area contributed by atoms with Gasteiger partial charge in [0.25, 0.3) is 0 Å². The molecule has 3 heteroatoms. The maximum atomic E-state index is 3.91. The molecule has 0 spiro atoms. The quantitative estimate of drug-likeness (QED) is 0.814. The predicted molar refractivity (Wildman–Crippen MR) is 68.8 cm³/mol. The highest BCUT2D eigenvalue weighted by molar-refractivity contribution is 5.69. The van der Waals surface area contributed by atoms with Crippen LogP contribution in [0.1, 0.15) is 5.56 Å². The summed E-state index contributed by atoms with van der Waals surface area (Å²) in [6.45, 7) is 3.91. The van der Waals surface area contributed by atoms with E-state index in [2.05, 4.69) is 41.1 Å². The summed E-state index contributed by atoms with van der Waals surface area (Å²) in [5.41, 5.74) is 3.55. The zero-order valence-electron chi connectivity index (χ0n) is 9.99. The zero-order valence-corrected chi connectivity index (χ0v) is 9.99.